The largest absolute Gasteiger partial charge is 0.483 e. The van der Waals surface area contributed by atoms with E-state index in [4.69, 9.17) is 4.74 Å². The van der Waals surface area contributed by atoms with E-state index in [0.29, 0.717) is 16.1 Å². The SMILES string of the molecule is Cc1ccccc1OCC(=O)Nc1nnc(SC(C)C)s1. The lowest BCUT2D eigenvalue weighted by molar-refractivity contribution is -0.118. The van der Waals surface area contributed by atoms with Gasteiger partial charge in [0, 0.05) is 5.25 Å². The van der Waals surface area contributed by atoms with Crippen LogP contribution in [0.3, 0.4) is 0 Å². The Kier molecular flexibility index (Phi) is 5.58. The Morgan fingerprint density at radius 2 is 2.14 bits per heavy atom. The normalized spacial score (nSPS) is 10.7. The van der Waals surface area contributed by atoms with Crippen molar-refractivity contribution in [2.75, 3.05) is 11.9 Å². The highest BCUT2D eigenvalue weighted by Crippen LogP contribution is 2.28. The smallest absolute Gasteiger partial charge is 0.264 e. The summed E-state index contributed by atoms with van der Waals surface area (Å²) in [6.07, 6.45) is 0. The van der Waals surface area contributed by atoms with Gasteiger partial charge in [-0.05, 0) is 18.6 Å². The van der Waals surface area contributed by atoms with Crippen LogP contribution in [0, 0.1) is 6.92 Å². The molecule has 0 aliphatic heterocycles. The molecule has 0 saturated carbocycles. The average molecular weight is 323 g/mol. The summed E-state index contributed by atoms with van der Waals surface area (Å²) < 4.78 is 6.33. The fourth-order valence-electron chi connectivity index (χ4n) is 1.53. The first-order valence-corrected chi connectivity index (χ1v) is 8.22. The molecule has 0 bridgehead atoms. The number of carbonyl (C=O) groups is 1. The minimum absolute atomic E-state index is 0.0446. The predicted octanol–water partition coefficient (Wildman–Crippen LogP) is 3.36. The van der Waals surface area contributed by atoms with Crippen molar-refractivity contribution in [1.82, 2.24) is 10.2 Å². The molecule has 0 aliphatic carbocycles. The summed E-state index contributed by atoms with van der Waals surface area (Å²) >= 11 is 2.99. The number of thioether (sulfide) groups is 1. The Labute approximate surface area is 132 Å². The molecule has 0 saturated heterocycles. The third-order valence-electron chi connectivity index (χ3n) is 2.44. The van der Waals surface area contributed by atoms with Gasteiger partial charge in [-0.25, -0.2) is 0 Å². The summed E-state index contributed by atoms with van der Waals surface area (Å²) in [7, 11) is 0. The molecule has 112 valence electrons. The van der Waals surface area contributed by atoms with Crippen LogP contribution in [-0.4, -0.2) is 28.0 Å². The Hall–Kier alpha value is -1.60. The number of rotatable bonds is 6. The van der Waals surface area contributed by atoms with Gasteiger partial charge in [0.05, 0.1) is 0 Å². The van der Waals surface area contributed by atoms with E-state index in [0.717, 1.165) is 9.90 Å². The number of ether oxygens (including phenoxy) is 1. The summed E-state index contributed by atoms with van der Waals surface area (Å²) in [4.78, 5) is 11.8. The van der Waals surface area contributed by atoms with Crippen molar-refractivity contribution in [3.05, 3.63) is 29.8 Å². The third-order valence-corrected chi connectivity index (χ3v) is 4.37. The fraction of sp³-hybridized carbons (Fsp3) is 0.357. The number of para-hydroxylation sites is 1. The van der Waals surface area contributed by atoms with E-state index in [1.54, 1.807) is 11.8 Å². The van der Waals surface area contributed by atoms with Gasteiger partial charge in [0.1, 0.15) is 5.75 Å². The second-order valence-electron chi connectivity index (χ2n) is 4.64. The molecule has 0 radical (unpaired) electrons. The maximum Gasteiger partial charge on any atom is 0.264 e. The molecule has 7 heteroatoms. The summed E-state index contributed by atoms with van der Waals surface area (Å²) in [5.41, 5.74) is 0.997. The first kappa shape index (κ1) is 15.8. The van der Waals surface area contributed by atoms with Crippen LogP contribution in [0.25, 0.3) is 0 Å². The second-order valence-corrected chi connectivity index (χ2v) is 7.44. The maximum absolute atomic E-state index is 11.8. The number of carbonyl (C=O) groups excluding carboxylic acids is 1. The van der Waals surface area contributed by atoms with Crippen LogP contribution in [0.4, 0.5) is 5.13 Å². The van der Waals surface area contributed by atoms with E-state index < -0.39 is 0 Å². The summed E-state index contributed by atoms with van der Waals surface area (Å²) in [5.74, 6) is 0.469. The van der Waals surface area contributed by atoms with E-state index in [1.165, 1.54) is 11.3 Å². The number of nitrogens with zero attached hydrogens (tertiary/aromatic N) is 2. The molecular formula is C14H17N3O2S2. The zero-order valence-corrected chi connectivity index (χ0v) is 13.8. The molecule has 5 nitrogen and oxygen atoms in total. The first-order chi connectivity index (χ1) is 10.0. The highest BCUT2D eigenvalue weighted by molar-refractivity contribution is 8.01. The summed E-state index contributed by atoms with van der Waals surface area (Å²) in [6, 6.07) is 7.58. The van der Waals surface area contributed by atoms with Crippen molar-refractivity contribution in [3.8, 4) is 5.75 Å². The highest BCUT2D eigenvalue weighted by Gasteiger charge is 2.10. The number of aryl methyl sites for hydroxylation is 1. The Bertz CT molecular complexity index is 614. The lowest BCUT2D eigenvalue weighted by Crippen LogP contribution is -2.20. The van der Waals surface area contributed by atoms with E-state index in [9.17, 15) is 4.79 Å². The first-order valence-electron chi connectivity index (χ1n) is 6.53. The highest BCUT2D eigenvalue weighted by atomic mass is 32.2. The molecule has 0 atom stereocenters. The lowest BCUT2D eigenvalue weighted by atomic mass is 10.2. The van der Waals surface area contributed by atoms with Crippen LogP contribution in [0.15, 0.2) is 28.6 Å². The Morgan fingerprint density at radius 3 is 2.86 bits per heavy atom. The Balaban J connectivity index is 1.84. The van der Waals surface area contributed by atoms with Gasteiger partial charge in [-0.2, -0.15) is 0 Å². The zero-order chi connectivity index (χ0) is 15.2. The standard InChI is InChI=1S/C14H17N3O2S2/c1-9(2)20-14-17-16-13(21-14)15-12(18)8-19-11-7-5-4-6-10(11)3/h4-7,9H,8H2,1-3H3,(H,15,16,18). The summed E-state index contributed by atoms with van der Waals surface area (Å²) in [6.45, 7) is 6.06. The third kappa shape index (κ3) is 5.02. The van der Waals surface area contributed by atoms with Gasteiger partial charge < -0.3 is 4.74 Å². The van der Waals surface area contributed by atoms with Crippen LogP contribution >= 0.6 is 23.1 Å². The van der Waals surface area contributed by atoms with E-state index in [1.807, 2.05) is 31.2 Å². The molecule has 0 aliphatic rings. The van der Waals surface area contributed by atoms with E-state index >= 15 is 0 Å². The van der Waals surface area contributed by atoms with Gasteiger partial charge in [-0.3, -0.25) is 10.1 Å². The molecule has 21 heavy (non-hydrogen) atoms. The molecule has 1 amide bonds. The van der Waals surface area contributed by atoms with Crippen molar-refractivity contribution in [2.45, 2.75) is 30.4 Å². The number of aromatic nitrogens is 2. The van der Waals surface area contributed by atoms with Gasteiger partial charge >= 0.3 is 0 Å². The number of hydrogen-bond donors (Lipinski definition) is 1. The minimum Gasteiger partial charge on any atom is -0.483 e. The quantitative estimate of drug-likeness (QED) is 0.652. The lowest BCUT2D eigenvalue weighted by Gasteiger charge is -2.07. The van der Waals surface area contributed by atoms with Crippen molar-refractivity contribution in [1.29, 1.82) is 0 Å². The number of hydrogen-bond acceptors (Lipinski definition) is 6. The molecule has 1 aromatic heterocycles. The average Bonchev–Trinajstić information content (AvgIpc) is 2.84. The molecule has 0 fully saturated rings. The number of amides is 1. The van der Waals surface area contributed by atoms with Crippen LogP contribution in [-0.2, 0) is 4.79 Å². The van der Waals surface area contributed by atoms with Crippen molar-refractivity contribution >= 4 is 34.1 Å². The molecule has 1 aromatic carbocycles. The second kappa shape index (κ2) is 7.42. The minimum atomic E-state index is -0.240. The van der Waals surface area contributed by atoms with Gasteiger partial charge in [-0.1, -0.05) is 55.1 Å². The molecule has 1 N–H and O–H groups in total. The van der Waals surface area contributed by atoms with Crippen LogP contribution in [0.5, 0.6) is 5.75 Å². The molecule has 0 spiro atoms. The van der Waals surface area contributed by atoms with Crippen LogP contribution < -0.4 is 10.1 Å². The molecule has 0 unspecified atom stereocenters. The molecule has 2 aromatic rings. The van der Waals surface area contributed by atoms with E-state index in [2.05, 4.69) is 29.4 Å². The number of nitrogens with one attached hydrogen (secondary N) is 1. The number of anilines is 1. The maximum atomic E-state index is 11.8. The number of benzene rings is 1. The molecule has 1 heterocycles. The van der Waals surface area contributed by atoms with Crippen molar-refractivity contribution in [2.24, 2.45) is 0 Å². The van der Waals surface area contributed by atoms with Crippen molar-refractivity contribution in [3.63, 3.8) is 0 Å². The Morgan fingerprint density at radius 1 is 1.38 bits per heavy atom. The molecule has 2 rings (SSSR count). The summed E-state index contributed by atoms with van der Waals surface area (Å²) in [5, 5.41) is 11.6. The topological polar surface area (TPSA) is 64.1 Å². The zero-order valence-electron chi connectivity index (χ0n) is 12.1. The monoisotopic (exact) mass is 323 g/mol. The van der Waals surface area contributed by atoms with Gasteiger partial charge in [0.2, 0.25) is 5.13 Å². The van der Waals surface area contributed by atoms with Crippen molar-refractivity contribution < 1.29 is 9.53 Å². The van der Waals surface area contributed by atoms with Gasteiger partial charge in [0.15, 0.2) is 10.9 Å². The van der Waals surface area contributed by atoms with Gasteiger partial charge in [-0.15, -0.1) is 10.2 Å². The van der Waals surface area contributed by atoms with Gasteiger partial charge in [0.25, 0.3) is 5.91 Å². The van der Waals surface area contributed by atoms with Crippen LogP contribution in [0.2, 0.25) is 0 Å². The van der Waals surface area contributed by atoms with Crippen LogP contribution in [0.1, 0.15) is 19.4 Å². The van der Waals surface area contributed by atoms with E-state index in [-0.39, 0.29) is 12.5 Å². The fourth-order valence-corrected chi connectivity index (χ4v) is 3.52. The predicted molar refractivity (Wildman–Crippen MR) is 86.2 cm³/mol. The molecular weight excluding hydrogens is 306 g/mol.